The molecular formula is C15H24N4O. The van der Waals surface area contributed by atoms with Gasteiger partial charge in [-0.25, -0.2) is 9.97 Å². The Kier molecular flexibility index (Phi) is 4.17. The maximum atomic E-state index is 5.49. The van der Waals surface area contributed by atoms with Crippen molar-refractivity contribution in [1.82, 2.24) is 14.9 Å². The van der Waals surface area contributed by atoms with Gasteiger partial charge in [0.15, 0.2) is 0 Å². The molecule has 1 fully saturated rings. The van der Waals surface area contributed by atoms with Gasteiger partial charge >= 0.3 is 0 Å². The largest absolute Gasteiger partial charge is 0.381 e. The molecule has 0 aromatic carbocycles. The van der Waals surface area contributed by atoms with Crippen molar-refractivity contribution in [3.63, 3.8) is 0 Å². The summed E-state index contributed by atoms with van der Waals surface area (Å²) in [4.78, 5) is 13.6. The van der Waals surface area contributed by atoms with E-state index in [1.807, 2.05) is 0 Å². The van der Waals surface area contributed by atoms with Gasteiger partial charge in [0.25, 0.3) is 0 Å². The molecule has 0 aliphatic carbocycles. The van der Waals surface area contributed by atoms with Gasteiger partial charge in [-0.1, -0.05) is 0 Å². The zero-order valence-electron chi connectivity index (χ0n) is 12.5. The van der Waals surface area contributed by atoms with Crippen LogP contribution < -0.4 is 4.90 Å². The highest BCUT2D eigenvalue weighted by atomic mass is 16.5. The zero-order chi connectivity index (χ0) is 13.9. The van der Waals surface area contributed by atoms with Crippen molar-refractivity contribution in [3.05, 3.63) is 17.6 Å². The maximum Gasteiger partial charge on any atom is 0.134 e. The molecule has 3 heterocycles. The molecule has 0 N–H and O–H groups in total. The molecule has 0 amide bonds. The van der Waals surface area contributed by atoms with Gasteiger partial charge in [0, 0.05) is 52.3 Å². The predicted octanol–water partition coefficient (Wildman–Crippen LogP) is 0.980. The van der Waals surface area contributed by atoms with Crippen LogP contribution in [-0.2, 0) is 17.6 Å². The molecule has 5 nitrogen and oxygen atoms in total. The van der Waals surface area contributed by atoms with Gasteiger partial charge in [-0.05, 0) is 18.8 Å². The first-order valence-corrected chi connectivity index (χ1v) is 7.54. The summed E-state index contributed by atoms with van der Waals surface area (Å²) < 4.78 is 5.49. The van der Waals surface area contributed by atoms with E-state index < -0.39 is 0 Å². The molecule has 2 aliphatic heterocycles. The Morgan fingerprint density at radius 3 is 2.90 bits per heavy atom. The Labute approximate surface area is 121 Å². The van der Waals surface area contributed by atoms with E-state index in [1.165, 1.54) is 24.2 Å². The van der Waals surface area contributed by atoms with Crippen LogP contribution in [0.15, 0.2) is 6.33 Å². The van der Waals surface area contributed by atoms with Gasteiger partial charge in [-0.2, -0.15) is 0 Å². The van der Waals surface area contributed by atoms with Crippen LogP contribution in [-0.4, -0.2) is 61.8 Å². The fourth-order valence-electron chi connectivity index (χ4n) is 3.22. The minimum atomic E-state index is 0.718. The van der Waals surface area contributed by atoms with Crippen LogP contribution in [0.3, 0.4) is 0 Å². The Morgan fingerprint density at radius 1 is 1.30 bits per heavy atom. The van der Waals surface area contributed by atoms with Crippen molar-refractivity contribution < 1.29 is 4.74 Å². The van der Waals surface area contributed by atoms with Crippen LogP contribution in [0.2, 0.25) is 0 Å². The Hall–Kier alpha value is -1.20. The molecule has 0 spiro atoms. The molecule has 110 valence electrons. The highest BCUT2D eigenvalue weighted by Crippen LogP contribution is 2.23. The smallest absolute Gasteiger partial charge is 0.134 e. The highest BCUT2D eigenvalue weighted by molar-refractivity contribution is 5.48. The Bertz CT molecular complexity index is 457. The summed E-state index contributed by atoms with van der Waals surface area (Å²) in [6.07, 6.45) is 5.00. The second-order valence-corrected chi connectivity index (χ2v) is 6.05. The second kappa shape index (κ2) is 6.06. The van der Waals surface area contributed by atoms with Crippen LogP contribution in [0.4, 0.5) is 5.82 Å². The molecule has 0 unspecified atom stereocenters. The number of ether oxygens (including phenoxy) is 1. The first kappa shape index (κ1) is 13.8. The lowest BCUT2D eigenvalue weighted by Gasteiger charge is -2.22. The molecule has 20 heavy (non-hydrogen) atoms. The van der Waals surface area contributed by atoms with Crippen LogP contribution in [0.5, 0.6) is 0 Å². The van der Waals surface area contributed by atoms with Gasteiger partial charge in [-0.3, -0.25) is 0 Å². The maximum absolute atomic E-state index is 5.49. The van der Waals surface area contributed by atoms with Crippen molar-refractivity contribution in [2.75, 3.05) is 51.8 Å². The molecule has 1 saturated heterocycles. The Balaban J connectivity index is 1.69. The molecule has 5 heteroatoms. The lowest BCUT2D eigenvalue weighted by molar-refractivity contribution is 0.168. The molecular weight excluding hydrogens is 252 g/mol. The minimum absolute atomic E-state index is 0.718. The second-order valence-electron chi connectivity index (χ2n) is 6.05. The Morgan fingerprint density at radius 2 is 2.15 bits per heavy atom. The van der Waals surface area contributed by atoms with Gasteiger partial charge in [0.1, 0.15) is 12.1 Å². The summed E-state index contributed by atoms with van der Waals surface area (Å²) >= 11 is 0. The van der Waals surface area contributed by atoms with Crippen LogP contribution in [0.25, 0.3) is 0 Å². The SMILES string of the molecule is CN(C)c1ncnc2c1CCN(C[C@H]1CCOC1)CC2. The van der Waals surface area contributed by atoms with Crippen LogP contribution in [0.1, 0.15) is 17.7 Å². The third-order valence-electron chi connectivity index (χ3n) is 4.32. The summed E-state index contributed by atoms with van der Waals surface area (Å²) in [5.41, 5.74) is 2.57. The third kappa shape index (κ3) is 2.94. The van der Waals surface area contributed by atoms with E-state index in [0.29, 0.717) is 0 Å². The highest BCUT2D eigenvalue weighted by Gasteiger charge is 2.23. The molecule has 1 aromatic rings. The first-order valence-electron chi connectivity index (χ1n) is 7.54. The number of anilines is 1. The van der Waals surface area contributed by atoms with E-state index in [1.54, 1.807) is 6.33 Å². The lowest BCUT2D eigenvalue weighted by Crippen LogP contribution is -2.32. The number of aromatic nitrogens is 2. The van der Waals surface area contributed by atoms with E-state index in [2.05, 4.69) is 33.9 Å². The molecule has 0 saturated carbocycles. The van der Waals surface area contributed by atoms with E-state index in [-0.39, 0.29) is 0 Å². The van der Waals surface area contributed by atoms with Gasteiger partial charge in [0.2, 0.25) is 0 Å². The predicted molar refractivity (Wildman–Crippen MR) is 79.1 cm³/mol. The fraction of sp³-hybridized carbons (Fsp3) is 0.733. The van der Waals surface area contributed by atoms with Gasteiger partial charge in [0.05, 0.1) is 12.3 Å². The monoisotopic (exact) mass is 276 g/mol. The zero-order valence-corrected chi connectivity index (χ0v) is 12.5. The summed E-state index contributed by atoms with van der Waals surface area (Å²) in [6.45, 7) is 5.25. The normalized spacial score (nSPS) is 23.4. The molecule has 0 radical (unpaired) electrons. The van der Waals surface area contributed by atoms with Crippen molar-refractivity contribution in [1.29, 1.82) is 0 Å². The van der Waals surface area contributed by atoms with Gasteiger partial charge in [-0.15, -0.1) is 0 Å². The standard InChI is InChI=1S/C15H24N4O/c1-18(2)15-13-3-6-19(9-12-5-8-20-10-12)7-4-14(13)16-11-17-15/h11-12H,3-10H2,1-2H3/t12-/m1/s1. The quantitative estimate of drug-likeness (QED) is 0.823. The molecule has 3 rings (SSSR count). The number of nitrogens with zero attached hydrogens (tertiary/aromatic N) is 4. The number of hydrogen-bond donors (Lipinski definition) is 0. The number of hydrogen-bond acceptors (Lipinski definition) is 5. The lowest BCUT2D eigenvalue weighted by atomic mass is 10.1. The summed E-state index contributed by atoms with van der Waals surface area (Å²) in [6, 6.07) is 0. The van der Waals surface area contributed by atoms with Crippen LogP contribution in [0, 0.1) is 5.92 Å². The fourth-order valence-corrected chi connectivity index (χ4v) is 3.22. The topological polar surface area (TPSA) is 41.5 Å². The van der Waals surface area contributed by atoms with Crippen molar-refractivity contribution in [2.45, 2.75) is 19.3 Å². The van der Waals surface area contributed by atoms with Crippen LogP contribution >= 0.6 is 0 Å². The van der Waals surface area contributed by atoms with Crippen molar-refractivity contribution in [3.8, 4) is 0 Å². The summed E-state index contributed by atoms with van der Waals surface area (Å²) in [5.74, 6) is 1.80. The molecule has 0 bridgehead atoms. The molecule has 1 atom stereocenters. The van der Waals surface area contributed by atoms with E-state index >= 15 is 0 Å². The third-order valence-corrected chi connectivity index (χ3v) is 4.32. The van der Waals surface area contributed by atoms with E-state index in [9.17, 15) is 0 Å². The molecule has 1 aromatic heterocycles. The first-order chi connectivity index (χ1) is 9.74. The average molecular weight is 276 g/mol. The summed E-state index contributed by atoms with van der Waals surface area (Å²) in [7, 11) is 4.11. The van der Waals surface area contributed by atoms with Crippen molar-refractivity contribution >= 4 is 5.82 Å². The summed E-state index contributed by atoms with van der Waals surface area (Å²) in [5, 5.41) is 0. The average Bonchev–Trinajstić information content (AvgIpc) is 2.86. The number of fused-ring (bicyclic) bond motifs is 1. The van der Waals surface area contributed by atoms with Gasteiger partial charge < -0.3 is 14.5 Å². The van der Waals surface area contributed by atoms with Crippen molar-refractivity contribution in [2.24, 2.45) is 5.92 Å². The number of rotatable bonds is 3. The molecule has 2 aliphatic rings. The minimum Gasteiger partial charge on any atom is -0.381 e. The van der Waals surface area contributed by atoms with E-state index in [4.69, 9.17) is 4.74 Å². The van der Waals surface area contributed by atoms with E-state index in [0.717, 1.165) is 50.9 Å².